The van der Waals surface area contributed by atoms with Gasteiger partial charge < -0.3 is 10.1 Å². The van der Waals surface area contributed by atoms with E-state index in [1.54, 1.807) is 13.2 Å². The summed E-state index contributed by atoms with van der Waals surface area (Å²) < 4.78 is 4.97. The molecule has 0 saturated heterocycles. The molecule has 1 rings (SSSR count). The maximum absolute atomic E-state index is 11.6. The molecule has 0 heterocycles. The van der Waals surface area contributed by atoms with E-state index in [2.05, 4.69) is 16.2 Å². The van der Waals surface area contributed by atoms with Crippen LogP contribution < -0.4 is 16.2 Å². The number of benzene rings is 1. The van der Waals surface area contributed by atoms with Crippen molar-refractivity contribution >= 4 is 29.3 Å². The van der Waals surface area contributed by atoms with Gasteiger partial charge >= 0.3 is 0 Å². The van der Waals surface area contributed by atoms with Gasteiger partial charge in [-0.15, -0.1) is 0 Å². The first-order valence-electron chi connectivity index (χ1n) is 6.20. The molecule has 0 aliphatic carbocycles. The minimum Gasteiger partial charge on any atom is -0.383 e. The summed E-state index contributed by atoms with van der Waals surface area (Å²) in [4.78, 5) is 11.6. The molecule has 0 radical (unpaired) electrons. The predicted octanol–water partition coefficient (Wildman–Crippen LogP) is 1.23. The molecule has 1 atom stereocenters. The topological polar surface area (TPSA) is 62.4 Å². The number of hydrogen-bond donors (Lipinski definition) is 3. The van der Waals surface area contributed by atoms with Crippen molar-refractivity contribution < 1.29 is 9.53 Å². The van der Waals surface area contributed by atoms with E-state index in [-0.39, 0.29) is 11.9 Å². The van der Waals surface area contributed by atoms with Gasteiger partial charge in [-0.25, -0.2) is 0 Å². The van der Waals surface area contributed by atoms with Crippen molar-refractivity contribution in [3.05, 3.63) is 42.0 Å². The van der Waals surface area contributed by atoms with Crippen LogP contribution in [0.5, 0.6) is 0 Å². The van der Waals surface area contributed by atoms with E-state index in [0.29, 0.717) is 11.7 Å². The predicted molar refractivity (Wildman–Crippen MR) is 83.8 cm³/mol. The van der Waals surface area contributed by atoms with Gasteiger partial charge in [0, 0.05) is 19.2 Å². The molecule has 0 bridgehead atoms. The van der Waals surface area contributed by atoms with E-state index >= 15 is 0 Å². The Morgan fingerprint density at radius 1 is 1.35 bits per heavy atom. The number of nitrogens with one attached hydrogen (secondary N) is 3. The van der Waals surface area contributed by atoms with Crippen molar-refractivity contribution in [3.8, 4) is 0 Å². The quantitative estimate of drug-likeness (QED) is 0.433. The molecular formula is C14H19N3O2S. The van der Waals surface area contributed by atoms with Crippen LogP contribution in [0.1, 0.15) is 12.5 Å². The van der Waals surface area contributed by atoms with Crippen molar-refractivity contribution in [3.63, 3.8) is 0 Å². The molecule has 1 aromatic carbocycles. The summed E-state index contributed by atoms with van der Waals surface area (Å²) in [6, 6.07) is 9.63. The number of rotatable bonds is 5. The molecule has 108 valence electrons. The van der Waals surface area contributed by atoms with Crippen LogP contribution in [-0.4, -0.2) is 30.8 Å². The highest BCUT2D eigenvalue weighted by molar-refractivity contribution is 7.80. The number of hydrogen-bond acceptors (Lipinski definition) is 3. The van der Waals surface area contributed by atoms with Crippen LogP contribution in [0.25, 0.3) is 6.08 Å². The average molecular weight is 293 g/mol. The third-order valence-corrected chi connectivity index (χ3v) is 2.54. The first-order chi connectivity index (χ1) is 9.61. The summed E-state index contributed by atoms with van der Waals surface area (Å²) in [6.45, 7) is 2.46. The molecule has 1 amide bonds. The van der Waals surface area contributed by atoms with Crippen LogP contribution in [0, 0.1) is 0 Å². The molecule has 1 aromatic rings. The number of thiocarbonyl (C=S) groups is 1. The SMILES string of the molecule is COC[C@H](C)NC(=S)NNC(=O)/C=C/c1ccccc1. The van der Waals surface area contributed by atoms with Gasteiger partial charge in [-0.05, 0) is 30.8 Å². The van der Waals surface area contributed by atoms with Gasteiger partial charge in [0.25, 0.3) is 5.91 Å². The van der Waals surface area contributed by atoms with Crippen LogP contribution in [0.15, 0.2) is 36.4 Å². The monoisotopic (exact) mass is 293 g/mol. The number of hydrazine groups is 1. The summed E-state index contributed by atoms with van der Waals surface area (Å²) in [5.41, 5.74) is 6.06. The number of carbonyl (C=O) groups is 1. The zero-order valence-corrected chi connectivity index (χ0v) is 12.4. The maximum Gasteiger partial charge on any atom is 0.262 e. The van der Waals surface area contributed by atoms with Crippen LogP contribution >= 0.6 is 12.2 Å². The molecule has 3 N–H and O–H groups in total. The lowest BCUT2D eigenvalue weighted by molar-refractivity contribution is -0.116. The normalized spacial score (nSPS) is 11.9. The maximum atomic E-state index is 11.6. The number of amides is 1. The van der Waals surface area contributed by atoms with Crippen molar-refractivity contribution in [1.82, 2.24) is 16.2 Å². The van der Waals surface area contributed by atoms with E-state index in [0.717, 1.165) is 5.56 Å². The second-order valence-corrected chi connectivity index (χ2v) is 4.60. The van der Waals surface area contributed by atoms with E-state index in [1.165, 1.54) is 6.08 Å². The van der Waals surface area contributed by atoms with Gasteiger partial charge in [0.15, 0.2) is 5.11 Å². The summed E-state index contributed by atoms with van der Waals surface area (Å²) in [7, 11) is 1.62. The Labute approximate surface area is 124 Å². The van der Waals surface area contributed by atoms with E-state index in [1.807, 2.05) is 37.3 Å². The van der Waals surface area contributed by atoms with E-state index in [4.69, 9.17) is 17.0 Å². The second kappa shape index (κ2) is 9.06. The largest absolute Gasteiger partial charge is 0.383 e. The van der Waals surface area contributed by atoms with Gasteiger partial charge in [-0.3, -0.25) is 15.6 Å². The molecule has 6 heteroatoms. The highest BCUT2D eigenvalue weighted by Gasteiger charge is 2.03. The second-order valence-electron chi connectivity index (χ2n) is 4.19. The van der Waals surface area contributed by atoms with Crippen molar-refractivity contribution in [2.24, 2.45) is 0 Å². The highest BCUT2D eigenvalue weighted by atomic mass is 32.1. The minimum absolute atomic E-state index is 0.0664. The van der Waals surface area contributed by atoms with Gasteiger partial charge in [0.05, 0.1) is 6.61 Å². The zero-order valence-electron chi connectivity index (χ0n) is 11.6. The number of methoxy groups -OCH3 is 1. The Balaban J connectivity index is 2.29. The molecule has 0 unspecified atom stereocenters. The standard InChI is InChI=1S/C14H19N3O2S/c1-11(10-19-2)15-14(20)17-16-13(18)9-8-12-6-4-3-5-7-12/h3-9,11H,10H2,1-2H3,(H,16,18)(H2,15,17,20)/b9-8+/t11-/m0/s1. The molecule has 0 aliphatic rings. The Kier molecular flexibility index (Phi) is 7.31. The van der Waals surface area contributed by atoms with Crippen molar-refractivity contribution in [2.75, 3.05) is 13.7 Å². The van der Waals surface area contributed by atoms with Gasteiger partial charge in [0.1, 0.15) is 0 Å². The molecular weight excluding hydrogens is 274 g/mol. The number of carbonyl (C=O) groups excluding carboxylic acids is 1. The fourth-order valence-corrected chi connectivity index (χ4v) is 1.70. The van der Waals surface area contributed by atoms with Gasteiger partial charge in [-0.2, -0.15) is 0 Å². The summed E-state index contributed by atoms with van der Waals surface area (Å²) in [5, 5.41) is 3.31. The lowest BCUT2D eigenvalue weighted by Gasteiger charge is -2.15. The number of ether oxygens (including phenoxy) is 1. The molecule has 0 aromatic heterocycles. The molecule has 0 saturated carbocycles. The lowest BCUT2D eigenvalue weighted by Crippen LogP contribution is -2.49. The molecule has 0 aliphatic heterocycles. The van der Waals surface area contributed by atoms with Crippen molar-refractivity contribution in [1.29, 1.82) is 0 Å². The third kappa shape index (κ3) is 6.86. The van der Waals surface area contributed by atoms with Crippen LogP contribution in [0.2, 0.25) is 0 Å². The molecule has 0 fully saturated rings. The van der Waals surface area contributed by atoms with Crippen LogP contribution in [-0.2, 0) is 9.53 Å². The summed E-state index contributed by atoms with van der Waals surface area (Å²) in [5.74, 6) is -0.280. The molecule has 0 spiro atoms. The first kappa shape index (κ1) is 16.1. The fraction of sp³-hybridized carbons (Fsp3) is 0.286. The van der Waals surface area contributed by atoms with Gasteiger partial charge in [-0.1, -0.05) is 30.3 Å². The summed E-state index contributed by atoms with van der Waals surface area (Å²) >= 11 is 5.02. The van der Waals surface area contributed by atoms with Gasteiger partial charge in [0.2, 0.25) is 0 Å². The first-order valence-corrected chi connectivity index (χ1v) is 6.61. The molecule has 20 heavy (non-hydrogen) atoms. The Bertz CT molecular complexity index is 463. The van der Waals surface area contributed by atoms with E-state index in [9.17, 15) is 4.79 Å². The Morgan fingerprint density at radius 2 is 2.05 bits per heavy atom. The zero-order chi connectivity index (χ0) is 14.8. The highest BCUT2D eigenvalue weighted by Crippen LogP contribution is 2.00. The van der Waals surface area contributed by atoms with E-state index < -0.39 is 0 Å². The summed E-state index contributed by atoms with van der Waals surface area (Å²) in [6.07, 6.45) is 3.16. The van der Waals surface area contributed by atoms with Crippen LogP contribution in [0.3, 0.4) is 0 Å². The minimum atomic E-state index is -0.280. The molecule has 5 nitrogen and oxygen atoms in total. The Hall–Kier alpha value is -1.92. The van der Waals surface area contributed by atoms with Crippen LogP contribution in [0.4, 0.5) is 0 Å². The fourth-order valence-electron chi connectivity index (χ4n) is 1.45. The smallest absolute Gasteiger partial charge is 0.262 e. The Morgan fingerprint density at radius 3 is 2.70 bits per heavy atom. The lowest BCUT2D eigenvalue weighted by atomic mass is 10.2. The average Bonchev–Trinajstić information content (AvgIpc) is 2.44. The van der Waals surface area contributed by atoms with Crippen molar-refractivity contribution in [2.45, 2.75) is 13.0 Å². The third-order valence-electron chi connectivity index (χ3n) is 2.32.